The zero-order valence-corrected chi connectivity index (χ0v) is 16.7. The van der Waals surface area contributed by atoms with E-state index in [0.717, 1.165) is 55.2 Å². The minimum absolute atomic E-state index is 0.101. The smallest absolute Gasteiger partial charge is 0.272 e. The Balaban J connectivity index is 1.47. The van der Waals surface area contributed by atoms with Gasteiger partial charge >= 0.3 is 0 Å². The van der Waals surface area contributed by atoms with Gasteiger partial charge in [0.2, 0.25) is 0 Å². The number of hydrogen-bond donors (Lipinski definition) is 1. The van der Waals surface area contributed by atoms with E-state index in [1.54, 1.807) is 12.1 Å². The molecule has 0 bridgehead atoms. The quantitative estimate of drug-likeness (QED) is 0.860. The van der Waals surface area contributed by atoms with E-state index in [2.05, 4.69) is 29.2 Å². The second-order valence-electron chi connectivity index (χ2n) is 8.32. The highest BCUT2D eigenvalue weighted by molar-refractivity contribution is 5.94. The van der Waals surface area contributed by atoms with Crippen molar-refractivity contribution in [3.8, 4) is 5.69 Å². The fourth-order valence-electron chi connectivity index (χ4n) is 4.49. The van der Waals surface area contributed by atoms with E-state index in [1.165, 1.54) is 25.0 Å². The van der Waals surface area contributed by atoms with Crippen molar-refractivity contribution in [3.05, 3.63) is 47.0 Å². The summed E-state index contributed by atoms with van der Waals surface area (Å²) in [6.45, 7) is 7.31. The van der Waals surface area contributed by atoms with Crippen molar-refractivity contribution in [2.24, 2.45) is 5.92 Å². The van der Waals surface area contributed by atoms with Crippen LogP contribution < -0.4 is 5.32 Å². The molecule has 2 atom stereocenters. The average molecular weight is 384 g/mol. The van der Waals surface area contributed by atoms with Gasteiger partial charge in [-0.05, 0) is 75.8 Å². The molecule has 5 nitrogen and oxygen atoms in total. The minimum atomic E-state index is -0.272. The molecule has 2 aliphatic rings. The number of carbonyl (C=O) groups excluding carboxylic acids is 1. The van der Waals surface area contributed by atoms with Gasteiger partial charge in [-0.1, -0.05) is 6.92 Å². The van der Waals surface area contributed by atoms with Crippen molar-refractivity contribution in [1.29, 1.82) is 0 Å². The number of halogens is 1. The number of fused-ring (bicyclic) bond motifs is 1. The largest absolute Gasteiger partial charge is 0.349 e. The van der Waals surface area contributed by atoms with Crippen LogP contribution in [0.15, 0.2) is 24.3 Å². The normalized spacial score (nSPS) is 20.8. The lowest BCUT2D eigenvalue weighted by Crippen LogP contribution is -2.46. The summed E-state index contributed by atoms with van der Waals surface area (Å²) < 4.78 is 15.1. The Morgan fingerprint density at radius 2 is 2.07 bits per heavy atom. The maximum atomic E-state index is 13.3. The summed E-state index contributed by atoms with van der Waals surface area (Å²) in [7, 11) is 0. The number of benzene rings is 1. The van der Waals surface area contributed by atoms with Crippen LogP contribution in [0.5, 0.6) is 0 Å². The van der Waals surface area contributed by atoms with Crippen LogP contribution >= 0.6 is 0 Å². The topological polar surface area (TPSA) is 50.2 Å². The number of likely N-dealkylation sites (tertiary alicyclic amines) is 1. The first-order chi connectivity index (χ1) is 13.5. The third-order valence-corrected chi connectivity index (χ3v) is 6.09. The van der Waals surface area contributed by atoms with Crippen LogP contribution in [-0.2, 0) is 12.8 Å². The minimum Gasteiger partial charge on any atom is -0.349 e. The van der Waals surface area contributed by atoms with Gasteiger partial charge in [0.15, 0.2) is 5.69 Å². The summed E-state index contributed by atoms with van der Waals surface area (Å²) in [5, 5.41) is 7.70. The highest BCUT2D eigenvalue weighted by atomic mass is 19.1. The highest BCUT2D eigenvalue weighted by Gasteiger charge is 2.28. The molecule has 2 heterocycles. The lowest BCUT2D eigenvalue weighted by molar-refractivity contribution is 0.0911. The van der Waals surface area contributed by atoms with E-state index < -0.39 is 0 Å². The van der Waals surface area contributed by atoms with Gasteiger partial charge in [-0.15, -0.1) is 0 Å². The van der Waals surface area contributed by atoms with Gasteiger partial charge in [0.05, 0.1) is 5.69 Å². The zero-order valence-electron chi connectivity index (χ0n) is 16.7. The average Bonchev–Trinajstić information content (AvgIpc) is 3.29. The Kier molecular flexibility index (Phi) is 5.49. The van der Waals surface area contributed by atoms with Gasteiger partial charge in [0.25, 0.3) is 5.91 Å². The molecule has 1 amide bonds. The van der Waals surface area contributed by atoms with Gasteiger partial charge in [0, 0.05) is 30.4 Å². The second-order valence-corrected chi connectivity index (χ2v) is 8.32. The van der Waals surface area contributed by atoms with Gasteiger partial charge < -0.3 is 5.32 Å². The molecular formula is C22H29FN4O. The Morgan fingerprint density at radius 1 is 1.29 bits per heavy atom. The summed E-state index contributed by atoms with van der Waals surface area (Å²) in [5.74, 6) is 0.351. The number of amides is 1. The van der Waals surface area contributed by atoms with Crippen molar-refractivity contribution in [1.82, 2.24) is 20.0 Å². The van der Waals surface area contributed by atoms with E-state index in [4.69, 9.17) is 0 Å². The lowest BCUT2D eigenvalue weighted by atomic mass is 9.99. The third-order valence-electron chi connectivity index (χ3n) is 6.09. The molecule has 4 rings (SSSR count). The molecule has 1 aliphatic heterocycles. The molecule has 1 N–H and O–H groups in total. The van der Waals surface area contributed by atoms with Crippen molar-refractivity contribution in [2.45, 2.75) is 52.0 Å². The van der Waals surface area contributed by atoms with E-state index in [0.29, 0.717) is 18.3 Å². The van der Waals surface area contributed by atoms with Crippen LogP contribution in [0.1, 0.15) is 54.9 Å². The lowest BCUT2D eigenvalue weighted by Gasteiger charge is -2.35. The molecule has 2 aromatic rings. The third kappa shape index (κ3) is 3.83. The van der Waals surface area contributed by atoms with Gasteiger partial charge in [-0.25, -0.2) is 9.07 Å². The van der Waals surface area contributed by atoms with Crippen molar-refractivity contribution in [2.75, 3.05) is 19.6 Å². The van der Waals surface area contributed by atoms with Crippen LogP contribution in [0.4, 0.5) is 4.39 Å². The molecule has 6 heteroatoms. The first kappa shape index (κ1) is 19.1. The molecule has 1 saturated heterocycles. The van der Waals surface area contributed by atoms with E-state index >= 15 is 0 Å². The molecule has 1 aliphatic carbocycles. The van der Waals surface area contributed by atoms with Crippen molar-refractivity contribution < 1.29 is 9.18 Å². The standard InChI is InChI=1S/C22H29FN4O/c1-15-5-4-12-26(14-15)16(2)13-24-22(28)21-19-6-3-7-20(19)27(25-21)18-10-8-17(23)9-11-18/h8-11,15-16H,3-7,12-14H2,1-2H3,(H,24,28). The summed E-state index contributed by atoms with van der Waals surface area (Å²) in [6, 6.07) is 6.60. The molecule has 0 spiro atoms. The monoisotopic (exact) mass is 384 g/mol. The molecule has 2 unspecified atom stereocenters. The molecule has 0 radical (unpaired) electrons. The molecule has 150 valence electrons. The van der Waals surface area contributed by atoms with Gasteiger partial charge in [-0.2, -0.15) is 5.10 Å². The summed E-state index contributed by atoms with van der Waals surface area (Å²) in [4.78, 5) is 15.4. The Labute approximate surface area is 165 Å². The predicted molar refractivity (Wildman–Crippen MR) is 107 cm³/mol. The van der Waals surface area contributed by atoms with Crippen molar-refractivity contribution in [3.63, 3.8) is 0 Å². The van der Waals surface area contributed by atoms with Crippen LogP contribution in [0, 0.1) is 11.7 Å². The summed E-state index contributed by atoms with van der Waals surface area (Å²) in [6.07, 6.45) is 5.32. The first-order valence-corrected chi connectivity index (χ1v) is 10.4. The van der Waals surface area contributed by atoms with E-state index in [-0.39, 0.29) is 11.7 Å². The Hall–Kier alpha value is -2.21. The predicted octanol–water partition coefficient (Wildman–Crippen LogP) is 3.35. The van der Waals surface area contributed by atoms with Crippen LogP contribution in [0.25, 0.3) is 5.69 Å². The van der Waals surface area contributed by atoms with Crippen molar-refractivity contribution >= 4 is 5.91 Å². The molecule has 1 fully saturated rings. The number of piperidine rings is 1. The number of carbonyl (C=O) groups is 1. The second kappa shape index (κ2) is 8.03. The number of nitrogens with one attached hydrogen (secondary N) is 1. The first-order valence-electron chi connectivity index (χ1n) is 10.4. The number of nitrogens with zero attached hydrogens (tertiary/aromatic N) is 3. The number of rotatable bonds is 5. The maximum absolute atomic E-state index is 13.3. The zero-order chi connectivity index (χ0) is 19.7. The molecule has 28 heavy (non-hydrogen) atoms. The Morgan fingerprint density at radius 3 is 2.82 bits per heavy atom. The molecular weight excluding hydrogens is 355 g/mol. The highest BCUT2D eigenvalue weighted by Crippen LogP contribution is 2.28. The van der Waals surface area contributed by atoms with Gasteiger partial charge in [0.1, 0.15) is 5.82 Å². The molecule has 1 aromatic heterocycles. The number of hydrogen-bond acceptors (Lipinski definition) is 3. The molecule has 0 saturated carbocycles. The number of aromatic nitrogens is 2. The molecule has 1 aromatic carbocycles. The van der Waals surface area contributed by atoms with Gasteiger partial charge in [-0.3, -0.25) is 9.69 Å². The Bertz CT molecular complexity index is 845. The SMILES string of the molecule is CC1CCCN(C(C)CNC(=O)c2nn(-c3ccc(F)cc3)c3c2CCC3)C1. The van der Waals surface area contributed by atoms with Crippen LogP contribution in [-0.4, -0.2) is 46.3 Å². The van der Waals surface area contributed by atoms with Crippen LogP contribution in [0.2, 0.25) is 0 Å². The van der Waals surface area contributed by atoms with Crippen LogP contribution in [0.3, 0.4) is 0 Å². The maximum Gasteiger partial charge on any atom is 0.272 e. The fourth-order valence-corrected chi connectivity index (χ4v) is 4.49. The summed E-state index contributed by atoms with van der Waals surface area (Å²) >= 11 is 0. The summed E-state index contributed by atoms with van der Waals surface area (Å²) in [5.41, 5.74) is 3.45. The van der Waals surface area contributed by atoms with E-state index in [9.17, 15) is 9.18 Å². The van der Waals surface area contributed by atoms with E-state index in [1.807, 2.05) is 4.68 Å². The fraction of sp³-hybridized carbons (Fsp3) is 0.545.